The summed E-state index contributed by atoms with van der Waals surface area (Å²) in [4.78, 5) is 21.7. The standard InChI is InChI=1S/C25H27N7O2/c1-16-5-7-19(8-6-16)20-9-21(25(33)28-14-22-13-26-18(3)12-27-22)11-23(10-20)32-24(29-30-31-32)17(2)15-34-4/h5-13,17H,14-15H2,1-4H3,(H,28,33)/t17-/m0/s1. The van der Waals surface area contributed by atoms with E-state index in [0.717, 1.165) is 22.4 Å². The molecule has 0 aliphatic heterocycles. The summed E-state index contributed by atoms with van der Waals surface area (Å²) >= 11 is 0. The van der Waals surface area contributed by atoms with Gasteiger partial charge >= 0.3 is 0 Å². The summed E-state index contributed by atoms with van der Waals surface area (Å²) in [6.07, 6.45) is 3.34. The molecule has 9 nitrogen and oxygen atoms in total. The van der Waals surface area contributed by atoms with Crippen molar-refractivity contribution >= 4 is 5.91 Å². The molecule has 0 aliphatic carbocycles. The van der Waals surface area contributed by atoms with Gasteiger partial charge in [-0.3, -0.25) is 14.8 Å². The van der Waals surface area contributed by atoms with Crippen molar-refractivity contribution in [3.63, 3.8) is 0 Å². The molecule has 174 valence electrons. The Morgan fingerprint density at radius 3 is 2.56 bits per heavy atom. The van der Waals surface area contributed by atoms with E-state index in [1.807, 2.05) is 57.2 Å². The quantitative estimate of drug-likeness (QED) is 0.432. The van der Waals surface area contributed by atoms with Gasteiger partial charge in [0.05, 0.1) is 36.4 Å². The zero-order chi connectivity index (χ0) is 24.1. The van der Waals surface area contributed by atoms with E-state index in [1.165, 1.54) is 0 Å². The van der Waals surface area contributed by atoms with Crippen LogP contribution in [0.5, 0.6) is 0 Å². The molecule has 0 fully saturated rings. The summed E-state index contributed by atoms with van der Waals surface area (Å²) < 4.78 is 6.94. The van der Waals surface area contributed by atoms with Crippen molar-refractivity contribution in [2.75, 3.05) is 13.7 Å². The van der Waals surface area contributed by atoms with Gasteiger partial charge in [-0.25, -0.2) is 0 Å². The molecule has 1 amide bonds. The Kier molecular flexibility index (Phi) is 7.03. The van der Waals surface area contributed by atoms with Crippen molar-refractivity contribution < 1.29 is 9.53 Å². The van der Waals surface area contributed by atoms with E-state index >= 15 is 0 Å². The van der Waals surface area contributed by atoms with Crippen molar-refractivity contribution in [1.29, 1.82) is 0 Å². The number of aromatic nitrogens is 6. The van der Waals surface area contributed by atoms with Gasteiger partial charge in [-0.1, -0.05) is 36.8 Å². The van der Waals surface area contributed by atoms with E-state index in [2.05, 4.69) is 30.8 Å². The maximum Gasteiger partial charge on any atom is 0.251 e. The Balaban J connectivity index is 1.70. The van der Waals surface area contributed by atoms with Crippen LogP contribution in [0.25, 0.3) is 16.8 Å². The number of aryl methyl sites for hydroxylation is 2. The second-order valence-corrected chi connectivity index (χ2v) is 8.27. The Morgan fingerprint density at radius 1 is 1.06 bits per heavy atom. The molecule has 34 heavy (non-hydrogen) atoms. The Bertz CT molecular complexity index is 1270. The van der Waals surface area contributed by atoms with E-state index < -0.39 is 0 Å². The minimum absolute atomic E-state index is 0.0274. The highest BCUT2D eigenvalue weighted by Crippen LogP contribution is 2.26. The number of hydrogen-bond donors (Lipinski definition) is 1. The van der Waals surface area contributed by atoms with Gasteiger partial charge in [0.25, 0.3) is 5.91 Å². The highest BCUT2D eigenvalue weighted by atomic mass is 16.5. The summed E-state index contributed by atoms with van der Waals surface area (Å²) in [5.41, 5.74) is 5.74. The first-order chi connectivity index (χ1) is 16.4. The maximum absolute atomic E-state index is 13.1. The zero-order valence-electron chi connectivity index (χ0n) is 19.7. The number of hydrogen-bond acceptors (Lipinski definition) is 7. The number of nitrogens with one attached hydrogen (secondary N) is 1. The van der Waals surface area contributed by atoms with Gasteiger partial charge in [0, 0.05) is 24.8 Å². The van der Waals surface area contributed by atoms with Crippen LogP contribution in [0.3, 0.4) is 0 Å². The maximum atomic E-state index is 13.1. The second kappa shape index (κ2) is 10.3. The monoisotopic (exact) mass is 457 g/mol. The summed E-state index contributed by atoms with van der Waals surface area (Å²) in [7, 11) is 1.64. The summed E-state index contributed by atoms with van der Waals surface area (Å²) in [5.74, 6) is 0.404. The van der Waals surface area contributed by atoms with Gasteiger partial charge in [-0.2, -0.15) is 4.68 Å². The predicted molar refractivity (Wildman–Crippen MR) is 128 cm³/mol. The van der Waals surface area contributed by atoms with Crippen LogP contribution in [0.2, 0.25) is 0 Å². The smallest absolute Gasteiger partial charge is 0.251 e. The number of amides is 1. The lowest BCUT2D eigenvalue weighted by Crippen LogP contribution is -2.24. The molecule has 0 saturated heterocycles. The minimum atomic E-state index is -0.225. The van der Waals surface area contributed by atoms with Gasteiger partial charge < -0.3 is 10.1 Å². The highest BCUT2D eigenvalue weighted by Gasteiger charge is 2.18. The molecule has 9 heteroatoms. The molecule has 1 atom stereocenters. The summed E-state index contributed by atoms with van der Waals surface area (Å²) in [6, 6.07) is 13.8. The largest absolute Gasteiger partial charge is 0.384 e. The molecule has 0 unspecified atom stereocenters. The van der Waals surface area contributed by atoms with Crippen molar-refractivity contribution in [1.82, 2.24) is 35.5 Å². The first kappa shape index (κ1) is 23.2. The average Bonchev–Trinajstić information content (AvgIpc) is 3.34. The lowest BCUT2D eigenvalue weighted by Gasteiger charge is -2.14. The number of ether oxygens (including phenoxy) is 1. The first-order valence-electron chi connectivity index (χ1n) is 11.0. The Morgan fingerprint density at radius 2 is 1.85 bits per heavy atom. The Hall–Kier alpha value is -3.98. The van der Waals surface area contributed by atoms with Crippen LogP contribution in [0.15, 0.2) is 54.9 Å². The molecule has 1 N–H and O–H groups in total. The lowest BCUT2D eigenvalue weighted by atomic mass is 10.0. The van der Waals surface area contributed by atoms with Gasteiger partial charge in [-0.15, -0.1) is 5.10 Å². The molecule has 0 aliphatic rings. The average molecular weight is 458 g/mol. The number of nitrogens with zero attached hydrogens (tertiary/aromatic N) is 6. The van der Waals surface area contributed by atoms with E-state index in [0.29, 0.717) is 29.4 Å². The molecule has 2 aromatic heterocycles. The highest BCUT2D eigenvalue weighted by molar-refractivity contribution is 5.96. The van der Waals surface area contributed by atoms with E-state index in [9.17, 15) is 4.79 Å². The van der Waals surface area contributed by atoms with Gasteiger partial charge in [-0.05, 0) is 53.6 Å². The first-order valence-corrected chi connectivity index (χ1v) is 11.0. The van der Waals surface area contributed by atoms with E-state index in [4.69, 9.17) is 4.74 Å². The Labute approximate surface area is 198 Å². The molecule has 0 saturated carbocycles. The van der Waals surface area contributed by atoms with Crippen LogP contribution < -0.4 is 5.32 Å². The minimum Gasteiger partial charge on any atom is -0.384 e. The molecule has 0 spiro atoms. The number of benzene rings is 2. The molecule has 4 aromatic rings. The molecule has 0 radical (unpaired) electrons. The van der Waals surface area contributed by atoms with Crippen LogP contribution >= 0.6 is 0 Å². The van der Waals surface area contributed by atoms with Gasteiger partial charge in [0.2, 0.25) is 0 Å². The molecule has 0 bridgehead atoms. The summed E-state index contributed by atoms with van der Waals surface area (Å²) in [5, 5.41) is 15.2. The van der Waals surface area contributed by atoms with Crippen molar-refractivity contribution in [3.8, 4) is 16.8 Å². The zero-order valence-corrected chi connectivity index (χ0v) is 19.7. The van der Waals surface area contributed by atoms with Crippen LogP contribution in [0, 0.1) is 13.8 Å². The van der Waals surface area contributed by atoms with Crippen molar-refractivity contribution in [2.45, 2.75) is 33.2 Å². The number of tetrazole rings is 1. The molecule has 2 aromatic carbocycles. The number of carbonyl (C=O) groups excluding carboxylic acids is 1. The number of carbonyl (C=O) groups is 1. The van der Waals surface area contributed by atoms with Crippen molar-refractivity contribution in [3.05, 3.63) is 83.2 Å². The fourth-order valence-electron chi connectivity index (χ4n) is 3.57. The van der Waals surface area contributed by atoms with Crippen LogP contribution in [-0.4, -0.2) is 49.8 Å². The van der Waals surface area contributed by atoms with Crippen LogP contribution in [-0.2, 0) is 11.3 Å². The SMILES string of the molecule is COC[C@H](C)c1nnnn1-c1cc(C(=O)NCc2cnc(C)cn2)cc(-c2ccc(C)cc2)c1. The van der Waals surface area contributed by atoms with Gasteiger partial charge in [0.1, 0.15) is 0 Å². The third-order valence-corrected chi connectivity index (χ3v) is 5.42. The van der Waals surface area contributed by atoms with Crippen LogP contribution in [0.1, 0.15) is 46.0 Å². The molecule has 2 heterocycles. The third-order valence-electron chi connectivity index (χ3n) is 5.42. The topological polar surface area (TPSA) is 108 Å². The number of rotatable bonds is 8. The normalized spacial score (nSPS) is 11.9. The molecular formula is C25H27N7O2. The fraction of sp³-hybridized carbons (Fsp3) is 0.280. The van der Waals surface area contributed by atoms with E-state index in [-0.39, 0.29) is 18.4 Å². The second-order valence-electron chi connectivity index (χ2n) is 8.27. The molecule has 4 rings (SSSR count). The number of methoxy groups -OCH3 is 1. The van der Waals surface area contributed by atoms with Crippen molar-refractivity contribution in [2.24, 2.45) is 0 Å². The predicted octanol–water partition coefficient (Wildman–Crippen LogP) is 3.42. The molecular weight excluding hydrogens is 430 g/mol. The lowest BCUT2D eigenvalue weighted by molar-refractivity contribution is 0.0950. The van der Waals surface area contributed by atoms with E-state index in [1.54, 1.807) is 30.3 Å². The fourth-order valence-corrected chi connectivity index (χ4v) is 3.57. The summed E-state index contributed by atoms with van der Waals surface area (Å²) in [6.45, 7) is 6.65. The third kappa shape index (κ3) is 5.32. The van der Waals surface area contributed by atoms with Crippen LogP contribution in [0.4, 0.5) is 0 Å². The van der Waals surface area contributed by atoms with Gasteiger partial charge in [0.15, 0.2) is 5.82 Å².